The summed E-state index contributed by atoms with van der Waals surface area (Å²) in [5, 5.41) is 0. The Hall–Kier alpha value is -1.16. The maximum Gasteiger partial charge on any atom is 0.240 e. The zero-order chi connectivity index (χ0) is 18.5. The predicted molar refractivity (Wildman–Crippen MR) is 96.7 cm³/mol. The normalized spacial score (nSPS) is 17.2. The first kappa shape index (κ1) is 20.2. The molecule has 1 aromatic carbocycles. The molecule has 0 spiro atoms. The summed E-state index contributed by atoms with van der Waals surface area (Å²) in [7, 11) is -5.68. The molecule has 0 saturated carbocycles. The molecule has 0 aliphatic carbocycles. The average molecular weight is 391 g/mol. The van der Waals surface area contributed by atoms with Gasteiger partial charge in [-0.15, -0.1) is 0 Å². The maximum absolute atomic E-state index is 12.4. The van der Waals surface area contributed by atoms with Crippen LogP contribution in [-0.4, -0.2) is 53.6 Å². The maximum atomic E-state index is 12.4. The molecule has 0 amide bonds. The molecule has 1 aromatic rings. The number of aryl methyl sites for hydroxylation is 1. The number of benzene rings is 1. The van der Waals surface area contributed by atoms with Crippen molar-refractivity contribution < 1.29 is 21.6 Å². The number of methoxy groups -OCH3 is 1. The second-order valence-electron chi connectivity index (χ2n) is 6.16. The molecule has 0 radical (unpaired) electrons. The number of hydrogen-bond acceptors (Lipinski definition) is 5. The van der Waals surface area contributed by atoms with Crippen LogP contribution in [-0.2, 0) is 20.0 Å². The quantitative estimate of drug-likeness (QED) is 0.761. The molecule has 1 saturated heterocycles. The Morgan fingerprint density at radius 3 is 2.28 bits per heavy atom. The van der Waals surface area contributed by atoms with Gasteiger partial charge in [0.2, 0.25) is 20.0 Å². The summed E-state index contributed by atoms with van der Waals surface area (Å²) >= 11 is 0. The van der Waals surface area contributed by atoms with Gasteiger partial charge in [0.05, 0.1) is 17.8 Å². The molecule has 0 aromatic heterocycles. The minimum absolute atomic E-state index is 0.0953. The molecule has 1 heterocycles. The Bertz CT molecular complexity index is 783. The van der Waals surface area contributed by atoms with E-state index < -0.39 is 20.0 Å². The van der Waals surface area contributed by atoms with E-state index in [1.165, 1.54) is 23.5 Å². The predicted octanol–water partition coefficient (Wildman–Crippen LogP) is 1.49. The minimum Gasteiger partial charge on any atom is -0.496 e. The molecule has 0 bridgehead atoms. The van der Waals surface area contributed by atoms with Crippen LogP contribution < -0.4 is 9.46 Å². The van der Waals surface area contributed by atoms with E-state index in [-0.39, 0.29) is 17.2 Å². The largest absolute Gasteiger partial charge is 0.496 e. The van der Waals surface area contributed by atoms with Gasteiger partial charge < -0.3 is 4.74 Å². The topological polar surface area (TPSA) is 92.8 Å². The van der Waals surface area contributed by atoms with Gasteiger partial charge in [-0.25, -0.2) is 25.9 Å². The molecule has 9 heteroatoms. The molecular weight excluding hydrogens is 364 g/mol. The molecule has 7 nitrogen and oxygen atoms in total. The Morgan fingerprint density at radius 2 is 1.72 bits per heavy atom. The first-order chi connectivity index (χ1) is 11.8. The van der Waals surface area contributed by atoms with Crippen molar-refractivity contribution in [2.75, 3.05) is 32.5 Å². The smallest absolute Gasteiger partial charge is 0.240 e. The summed E-state index contributed by atoms with van der Waals surface area (Å²) < 4.78 is 58.4. The van der Waals surface area contributed by atoms with Gasteiger partial charge in [-0.3, -0.25) is 0 Å². The zero-order valence-corrected chi connectivity index (χ0v) is 16.3. The van der Waals surface area contributed by atoms with Gasteiger partial charge >= 0.3 is 0 Å². The van der Waals surface area contributed by atoms with Crippen molar-refractivity contribution in [1.82, 2.24) is 9.03 Å². The van der Waals surface area contributed by atoms with Gasteiger partial charge in [0.25, 0.3) is 0 Å². The second kappa shape index (κ2) is 8.48. The van der Waals surface area contributed by atoms with Crippen LogP contribution in [0.1, 0.15) is 31.2 Å². The number of rotatable bonds is 7. The summed E-state index contributed by atoms with van der Waals surface area (Å²) in [5.74, 6) is 0.365. The molecule has 1 fully saturated rings. The Morgan fingerprint density at radius 1 is 1.08 bits per heavy atom. The Balaban J connectivity index is 1.98. The van der Waals surface area contributed by atoms with Gasteiger partial charge in [0, 0.05) is 19.6 Å². The average Bonchev–Trinajstić information content (AvgIpc) is 2.84. The highest BCUT2D eigenvalue weighted by Crippen LogP contribution is 2.21. The fourth-order valence-corrected chi connectivity index (χ4v) is 5.53. The molecule has 1 aliphatic rings. The zero-order valence-electron chi connectivity index (χ0n) is 14.7. The van der Waals surface area contributed by atoms with E-state index in [4.69, 9.17) is 4.74 Å². The number of ether oxygens (including phenoxy) is 1. The van der Waals surface area contributed by atoms with E-state index in [9.17, 15) is 16.8 Å². The first-order valence-electron chi connectivity index (χ1n) is 8.38. The van der Waals surface area contributed by atoms with Crippen molar-refractivity contribution >= 4 is 20.0 Å². The molecule has 1 aliphatic heterocycles. The number of hydrogen-bond donors (Lipinski definition) is 1. The SMILES string of the molecule is COc1ccc(S(=O)(=O)NCCS(=O)(=O)N2CCCCCC2)cc1C. The molecule has 0 unspecified atom stereocenters. The fourth-order valence-electron chi connectivity index (χ4n) is 2.86. The second-order valence-corrected chi connectivity index (χ2v) is 10.0. The number of nitrogens with zero attached hydrogens (tertiary/aromatic N) is 1. The highest BCUT2D eigenvalue weighted by atomic mass is 32.2. The van der Waals surface area contributed by atoms with Crippen molar-refractivity contribution in [2.45, 2.75) is 37.5 Å². The lowest BCUT2D eigenvalue weighted by Crippen LogP contribution is -2.38. The third-order valence-electron chi connectivity index (χ3n) is 4.29. The standard InChI is InChI=1S/C16H26N2O5S2/c1-14-13-15(7-8-16(14)23-2)25(21,22)17-9-12-24(19,20)18-10-5-3-4-6-11-18/h7-8,13,17H,3-6,9-12H2,1-2H3. The van der Waals surface area contributed by atoms with Crippen molar-refractivity contribution in [3.05, 3.63) is 23.8 Å². The van der Waals surface area contributed by atoms with Crippen LogP contribution in [0.5, 0.6) is 5.75 Å². The van der Waals surface area contributed by atoms with Crippen molar-refractivity contribution in [1.29, 1.82) is 0 Å². The van der Waals surface area contributed by atoms with Crippen LogP contribution in [0.4, 0.5) is 0 Å². The lowest BCUT2D eigenvalue weighted by molar-refractivity contribution is 0.411. The van der Waals surface area contributed by atoms with Crippen LogP contribution in [0.2, 0.25) is 0 Å². The van der Waals surface area contributed by atoms with E-state index in [2.05, 4.69) is 4.72 Å². The fraction of sp³-hybridized carbons (Fsp3) is 0.625. The molecule has 2 rings (SSSR count). The number of nitrogens with one attached hydrogen (secondary N) is 1. The van der Waals surface area contributed by atoms with Crippen molar-refractivity contribution in [3.8, 4) is 5.75 Å². The lowest BCUT2D eigenvalue weighted by Gasteiger charge is -2.20. The van der Waals surface area contributed by atoms with Crippen LogP contribution in [0, 0.1) is 6.92 Å². The molecule has 0 atom stereocenters. The van der Waals surface area contributed by atoms with Crippen LogP contribution in [0.3, 0.4) is 0 Å². The summed E-state index contributed by atoms with van der Waals surface area (Å²) in [6, 6.07) is 4.53. The summed E-state index contributed by atoms with van der Waals surface area (Å²) in [6.07, 6.45) is 3.79. The highest BCUT2D eigenvalue weighted by Gasteiger charge is 2.24. The monoisotopic (exact) mass is 390 g/mol. The van der Waals surface area contributed by atoms with E-state index >= 15 is 0 Å². The third-order valence-corrected chi connectivity index (χ3v) is 7.62. The van der Waals surface area contributed by atoms with Gasteiger partial charge in [-0.1, -0.05) is 12.8 Å². The van der Waals surface area contributed by atoms with E-state index in [0.717, 1.165) is 25.7 Å². The third kappa shape index (κ3) is 5.40. The van der Waals surface area contributed by atoms with Gasteiger partial charge in [-0.2, -0.15) is 0 Å². The van der Waals surface area contributed by atoms with Crippen LogP contribution in [0.15, 0.2) is 23.1 Å². The van der Waals surface area contributed by atoms with Gasteiger partial charge in [0.1, 0.15) is 5.75 Å². The molecule has 142 valence electrons. The van der Waals surface area contributed by atoms with Crippen molar-refractivity contribution in [2.24, 2.45) is 0 Å². The Labute approximate surface area is 150 Å². The number of sulfonamides is 2. The van der Waals surface area contributed by atoms with Crippen LogP contribution >= 0.6 is 0 Å². The minimum atomic E-state index is -3.76. The lowest BCUT2D eigenvalue weighted by atomic mass is 10.2. The van der Waals surface area contributed by atoms with Crippen LogP contribution in [0.25, 0.3) is 0 Å². The Kier molecular flexibility index (Phi) is 6.84. The van der Waals surface area contributed by atoms with Gasteiger partial charge in [-0.05, 0) is 43.5 Å². The highest BCUT2D eigenvalue weighted by molar-refractivity contribution is 7.90. The molecular formula is C16H26N2O5S2. The van der Waals surface area contributed by atoms with Gasteiger partial charge in [0.15, 0.2) is 0 Å². The van der Waals surface area contributed by atoms with E-state index in [0.29, 0.717) is 24.4 Å². The summed E-state index contributed by atoms with van der Waals surface area (Å²) in [6.45, 7) is 2.65. The van der Waals surface area contributed by atoms with E-state index in [1.54, 1.807) is 13.0 Å². The molecule has 25 heavy (non-hydrogen) atoms. The summed E-state index contributed by atoms with van der Waals surface area (Å²) in [5.41, 5.74) is 0.697. The first-order valence-corrected chi connectivity index (χ1v) is 11.5. The van der Waals surface area contributed by atoms with E-state index in [1.807, 2.05) is 0 Å². The molecule has 1 N–H and O–H groups in total. The van der Waals surface area contributed by atoms with Crippen molar-refractivity contribution in [3.63, 3.8) is 0 Å². The summed E-state index contributed by atoms with van der Waals surface area (Å²) in [4.78, 5) is 0.0953.